The van der Waals surface area contributed by atoms with Crippen molar-refractivity contribution in [3.05, 3.63) is 29.8 Å². The van der Waals surface area contributed by atoms with Gasteiger partial charge in [0.15, 0.2) is 0 Å². The monoisotopic (exact) mass is 289 g/mol. The van der Waals surface area contributed by atoms with Crippen molar-refractivity contribution in [3.63, 3.8) is 0 Å². The molecule has 0 aliphatic rings. The summed E-state index contributed by atoms with van der Waals surface area (Å²) in [5.74, 6) is 2.14. The quantitative estimate of drug-likeness (QED) is 0.692. The van der Waals surface area contributed by atoms with Gasteiger partial charge in [-0.2, -0.15) is 0 Å². The molecule has 1 aromatic carbocycles. The number of carbonyl (C=O) groups is 1. The largest absolute Gasteiger partial charge is 0.326 e. The third-order valence-electron chi connectivity index (χ3n) is 3.64. The lowest BCUT2D eigenvalue weighted by Crippen LogP contribution is -2.12. The molecule has 1 atom stereocenters. The average molecular weight is 289 g/mol. The average Bonchev–Trinajstić information content (AvgIpc) is 2.37. The number of amides is 1. The zero-order chi connectivity index (χ0) is 15.8. The normalized spacial score (nSPS) is 12.7. The van der Waals surface area contributed by atoms with Crippen molar-refractivity contribution in [3.8, 4) is 0 Å². The Bertz CT molecular complexity index is 420. The molecule has 1 amide bonds. The van der Waals surface area contributed by atoms with Crippen molar-refractivity contribution in [1.29, 1.82) is 0 Å². The van der Waals surface area contributed by atoms with Gasteiger partial charge in [0.1, 0.15) is 0 Å². The molecule has 0 spiro atoms. The van der Waals surface area contributed by atoms with Gasteiger partial charge in [0.25, 0.3) is 0 Å². The van der Waals surface area contributed by atoms with E-state index < -0.39 is 0 Å². The third kappa shape index (κ3) is 7.89. The third-order valence-corrected chi connectivity index (χ3v) is 3.64. The minimum Gasteiger partial charge on any atom is -0.326 e. The number of hydrogen-bond acceptors (Lipinski definition) is 1. The number of benzene rings is 1. The van der Waals surface area contributed by atoms with Crippen molar-refractivity contribution in [2.75, 3.05) is 5.32 Å². The van der Waals surface area contributed by atoms with Gasteiger partial charge in [0, 0.05) is 12.1 Å². The summed E-state index contributed by atoms with van der Waals surface area (Å²) in [5.41, 5.74) is 2.26. The lowest BCUT2D eigenvalue weighted by molar-refractivity contribution is -0.116. The smallest absolute Gasteiger partial charge is 0.224 e. The highest BCUT2D eigenvalue weighted by Gasteiger charge is 2.07. The minimum absolute atomic E-state index is 0.115. The zero-order valence-electron chi connectivity index (χ0n) is 14.3. The summed E-state index contributed by atoms with van der Waals surface area (Å²) in [5, 5.41) is 2.97. The van der Waals surface area contributed by atoms with Gasteiger partial charge >= 0.3 is 0 Å². The number of anilines is 1. The predicted molar refractivity (Wildman–Crippen MR) is 91.5 cm³/mol. The first-order chi connectivity index (χ1) is 9.86. The maximum absolute atomic E-state index is 11.8. The van der Waals surface area contributed by atoms with Gasteiger partial charge in [-0.25, -0.2) is 0 Å². The van der Waals surface area contributed by atoms with E-state index in [1.54, 1.807) is 0 Å². The fraction of sp³-hybridized carbons (Fsp3) is 0.632. The highest BCUT2D eigenvalue weighted by molar-refractivity contribution is 5.90. The molecule has 0 aromatic heterocycles. The van der Waals surface area contributed by atoms with E-state index in [4.69, 9.17) is 0 Å². The first kappa shape index (κ1) is 17.7. The van der Waals surface area contributed by atoms with E-state index in [1.807, 2.05) is 12.1 Å². The van der Waals surface area contributed by atoms with Crippen LogP contribution in [-0.4, -0.2) is 5.91 Å². The van der Waals surface area contributed by atoms with E-state index in [0.717, 1.165) is 24.4 Å². The van der Waals surface area contributed by atoms with Crippen LogP contribution in [0.2, 0.25) is 0 Å². The van der Waals surface area contributed by atoms with Gasteiger partial charge in [0.2, 0.25) is 5.91 Å². The molecule has 2 heteroatoms. The van der Waals surface area contributed by atoms with Crippen LogP contribution in [0, 0.1) is 17.8 Å². The Labute approximate surface area is 130 Å². The molecule has 0 saturated carbocycles. The van der Waals surface area contributed by atoms with E-state index in [9.17, 15) is 4.79 Å². The Morgan fingerprint density at radius 3 is 2.14 bits per heavy atom. The second-order valence-electron chi connectivity index (χ2n) is 7.12. The molecule has 118 valence electrons. The summed E-state index contributed by atoms with van der Waals surface area (Å²) < 4.78 is 0. The van der Waals surface area contributed by atoms with Gasteiger partial charge in [-0.05, 0) is 54.7 Å². The number of nitrogens with one attached hydrogen (secondary N) is 1. The van der Waals surface area contributed by atoms with Gasteiger partial charge in [-0.3, -0.25) is 4.79 Å². The Hall–Kier alpha value is -1.31. The lowest BCUT2D eigenvalue weighted by Gasteiger charge is -2.14. The standard InChI is InChI=1S/C19H31NO/c1-14(2)6-11-19(21)20-18-9-7-17(8-10-18)13-16(5)12-15(3)4/h7-10,14-16H,6,11-13H2,1-5H3,(H,20,21)/t16-/m1/s1. The summed E-state index contributed by atoms with van der Waals surface area (Å²) in [6, 6.07) is 8.30. The van der Waals surface area contributed by atoms with E-state index in [0.29, 0.717) is 18.3 Å². The number of carbonyl (C=O) groups excluding carboxylic acids is 1. The molecular formula is C19H31NO. The Kier molecular flexibility index (Phi) is 7.49. The predicted octanol–water partition coefficient (Wildman–Crippen LogP) is 5.29. The SMILES string of the molecule is CC(C)CCC(=O)Nc1ccc(C[C@H](C)CC(C)C)cc1. The van der Waals surface area contributed by atoms with E-state index in [1.165, 1.54) is 12.0 Å². The molecule has 1 N–H and O–H groups in total. The second-order valence-corrected chi connectivity index (χ2v) is 7.12. The topological polar surface area (TPSA) is 29.1 Å². The summed E-state index contributed by atoms with van der Waals surface area (Å²) in [7, 11) is 0. The van der Waals surface area contributed by atoms with Crippen LogP contribution in [0.25, 0.3) is 0 Å². The molecule has 0 aliphatic heterocycles. The zero-order valence-corrected chi connectivity index (χ0v) is 14.3. The summed E-state index contributed by atoms with van der Waals surface area (Å²) in [6.07, 6.45) is 3.91. The lowest BCUT2D eigenvalue weighted by atomic mass is 9.92. The summed E-state index contributed by atoms with van der Waals surface area (Å²) in [4.78, 5) is 11.8. The number of rotatable bonds is 8. The fourth-order valence-electron chi connectivity index (χ4n) is 2.66. The molecule has 0 aliphatic carbocycles. The van der Waals surface area contributed by atoms with Gasteiger partial charge in [-0.1, -0.05) is 46.8 Å². The molecule has 21 heavy (non-hydrogen) atoms. The van der Waals surface area contributed by atoms with Crippen LogP contribution in [0.3, 0.4) is 0 Å². The molecule has 0 radical (unpaired) electrons. The minimum atomic E-state index is 0.115. The van der Waals surface area contributed by atoms with Crippen molar-refractivity contribution in [2.45, 2.75) is 60.3 Å². The van der Waals surface area contributed by atoms with Crippen LogP contribution in [0.4, 0.5) is 5.69 Å². The van der Waals surface area contributed by atoms with Crippen LogP contribution in [0.15, 0.2) is 24.3 Å². The van der Waals surface area contributed by atoms with Crippen LogP contribution in [0.1, 0.15) is 59.4 Å². The molecule has 0 saturated heterocycles. The van der Waals surface area contributed by atoms with Crippen LogP contribution in [-0.2, 0) is 11.2 Å². The van der Waals surface area contributed by atoms with Crippen molar-refractivity contribution in [2.24, 2.45) is 17.8 Å². The van der Waals surface area contributed by atoms with Crippen molar-refractivity contribution in [1.82, 2.24) is 0 Å². The Morgan fingerprint density at radius 1 is 1.00 bits per heavy atom. The van der Waals surface area contributed by atoms with Gasteiger partial charge < -0.3 is 5.32 Å². The molecule has 2 nitrogen and oxygen atoms in total. The van der Waals surface area contributed by atoms with Crippen LogP contribution in [0.5, 0.6) is 0 Å². The maximum atomic E-state index is 11.8. The van der Waals surface area contributed by atoms with E-state index in [2.05, 4.69) is 52.1 Å². The van der Waals surface area contributed by atoms with E-state index >= 15 is 0 Å². The van der Waals surface area contributed by atoms with Crippen molar-refractivity contribution < 1.29 is 4.79 Å². The molecule has 0 unspecified atom stereocenters. The van der Waals surface area contributed by atoms with Crippen LogP contribution < -0.4 is 5.32 Å². The van der Waals surface area contributed by atoms with E-state index in [-0.39, 0.29) is 5.91 Å². The number of hydrogen-bond donors (Lipinski definition) is 1. The van der Waals surface area contributed by atoms with Crippen molar-refractivity contribution >= 4 is 11.6 Å². The molecule has 0 fully saturated rings. The Morgan fingerprint density at radius 2 is 1.62 bits per heavy atom. The van der Waals surface area contributed by atoms with Gasteiger partial charge in [0.05, 0.1) is 0 Å². The summed E-state index contributed by atoms with van der Waals surface area (Å²) in [6.45, 7) is 11.1. The summed E-state index contributed by atoms with van der Waals surface area (Å²) >= 11 is 0. The van der Waals surface area contributed by atoms with Crippen LogP contribution >= 0.6 is 0 Å². The maximum Gasteiger partial charge on any atom is 0.224 e. The Balaban J connectivity index is 2.44. The molecule has 0 bridgehead atoms. The highest BCUT2D eigenvalue weighted by atomic mass is 16.1. The first-order valence-electron chi connectivity index (χ1n) is 8.25. The highest BCUT2D eigenvalue weighted by Crippen LogP contribution is 2.18. The molecule has 1 aromatic rings. The first-order valence-corrected chi connectivity index (χ1v) is 8.25. The fourth-order valence-corrected chi connectivity index (χ4v) is 2.66. The molecular weight excluding hydrogens is 258 g/mol. The molecule has 0 heterocycles. The molecule has 1 rings (SSSR count). The second kappa shape index (κ2) is 8.86. The van der Waals surface area contributed by atoms with Gasteiger partial charge in [-0.15, -0.1) is 0 Å².